The zero-order valence-corrected chi connectivity index (χ0v) is 11.1. The van der Waals surface area contributed by atoms with E-state index in [9.17, 15) is 0 Å². The average molecular weight is 250 g/mol. The van der Waals surface area contributed by atoms with Gasteiger partial charge in [-0.25, -0.2) is 0 Å². The van der Waals surface area contributed by atoms with Crippen LogP contribution in [0.15, 0.2) is 24.3 Å². The Balaban J connectivity index is 1.99. The van der Waals surface area contributed by atoms with Gasteiger partial charge in [0.1, 0.15) is 5.75 Å². The van der Waals surface area contributed by atoms with E-state index < -0.39 is 0 Å². The molecule has 0 aromatic heterocycles. The average Bonchev–Trinajstić information content (AvgIpc) is 2.41. The summed E-state index contributed by atoms with van der Waals surface area (Å²) in [7, 11) is 1.68. The molecule has 2 unspecified atom stereocenters. The van der Waals surface area contributed by atoms with Crippen LogP contribution in [-0.4, -0.2) is 44.4 Å². The first-order chi connectivity index (χ1) is 8.70. The van der Waals surface area contributed by atoms with E-state index in [-0.39, 0.29) is 6.04 Å². The normalized spacial score (nSPS) is 22.7. The Labute approximate surface area is 109 Å². The number of hydrogen-bond acceptors (Lipinski definition) is 4. The first-order valence-corrected chi connectivity index (χ1v) is 6.42. The highest BCUT2D eigenvalue weighted by Gasteiger charge is 2.21. The molecular weight excluding hydrogens is 228 g/mol. The fraction of sp³-hybridized carbons (Fsp3) is 0.571. The molecule has 2 atom stereocenters. The van der Waals surface area contributed by atoms with Gasteiger partial charge in [-0.05, 0) is 24.6 Å². The largest absolute Gasteiger partial charge is 0.497 e. The number of morpholine rings is 1. The molecule has 1 aromatic rings. The summed E-state index contributed by atoms with van der Waals surface area (Å²) in [4.78, 5) is 2.38. The lowest BCUT2D eigenvalue weighted by atomic mass is 10.1. The predicted octanol–water partition coefficient (Wildman–Crippen LogP) is 1.42. The van der Waals surface area contributed by atoms with Crippen molar-refractivity contribution in [2.75, 3.05) is 33.4 Å². The van der Waals surface area contributed by atoms with Crippen molar-refractivity contribution in [2.45, 2.75) is 19.0 Å². The van der Waals surface area contributed by atoms with Crippen molar-refractivity contribution in [3.63, 3.8) is 0 Å². The molecule has 2 N–H and O–H groups in total. The Bertz CT molecular complexity index is 384. The Kier molecular flexibility index (Phi) is 4.58. The number of methoxy groups -OCH3 is 1. The van der Waals surface area contributed by atoms with E-state index in [1.165, 1.54) is 0 Å². The third-order valence-electron chi connectivity index (χ3n) is 3.46. The Morgan fingerprint density at radius 3 is 3.11 bits per heavy atom. The van der Waals surface area contributed by atoms with Gasteiger partial charge in [0.05, 0.1) is 20.3 Å². The molecule has 100 valence electrons. The number of hydrogen-bond donors (Lipinski definition) is 1. The molecule has 1 heterocycles. The van der Waals surface area contributed by atoms with Crippen molar-refractivity contribution in [3.05, 3.63) is 29.8 Å². The van der Waals surface area contributed by atoms with E-state index in [2.05, 4.69) is 17.9 Å². The van der Waals surface area contributed by atoms with Crippen molar-refractivity contribution >= 4 is 0 Å². The van der Waals surface area contributed by atoms with Gasteiger partial charge in [-0.15, -0.1) is 0 Å². The Morgan fingerprint density at radius 1 is 1.56 bits per heavy atom. The molecule has 0 bridgehead atoms. The zero-order valence-electron chi connectivity index (χ0n) is 11.1. The summed E-state index contributed by atoms with van der Waals surface area (Å²) >= 11 is 0. The van der Waals surface area contributed by atoms with Gasteiger partial charge in [0.2, 0.25) is 0 Å². The third kappa shape index (κ3) is 3.22. The maximum atomic E-state index is 6.27. The summed E-state index contributed by atoms with van der Waals surface area (Å²) in [6, 6.07) is 8.44. The van der Waals surface area contributed by atoms with Gasteiger partial charge >= 0.3 is 0 Å². The van der Waals surface area contributed by atoms with Crippen molar-refractivity contribution in [1.82, 2.24) is 4.90 Å². The second-order valence-electron chi connectivity index (χ2n) is 4.80. The SMILES string of the molecule is COc1cccc(C(N)CN2CCOCC2C)c1. The van der Waals surface area contributed by atoms with Crippen molar-refractivity contribution in [2.24, 2.45) is 5.73 Å². The molecule has 4 nitrogen and oxygen atoms in total. The van der Waals surface area contributed by atoms with Gasteiger partial charge < -0.3 is 15.2 Å². The number of rotatable bonds is 4. The molecule has 4 heteroatoms. The molecule has 0 spiro atoms. The minimum atomic E-state index is 0.0145. The van der Waals surface area contributed by atoms with Crippen molar-refractivity contribution < 1.29 is 9.47 Å². The Morgan fingerprint density at radius 2 is 2.39 bits per heavy atom. The van der Waals surface area contributed by atoms with Gasteiger partial charge in [-0.2, -0.15) is 0 Å². The second kappa shape index (κ2) is 6.18. The highest BCUT2D eigenvalue weighted by atomic mass is 16.5. The van der Waals surface area contributed by atoms with Crippen LogP contribution in [0.2, 0.25) is 0 Å². The quantitative estimate of drug-likeness (QED) is 0.878. The monoisotopic (exact) mass is 250 g/mol. The molecule has 18 heavy (non-hydrogen) atoms. The smallest absolute Gasteiger partial charge is 0.119 e. The highest BCUT2D eigenvalue weighted by Crippen LogP contribution is 2.19. The van der Waals surface area contributed by atoms with Crippen molar-refractivity contribution in [1.29, 1.82) is 0 Å². The number of ether oxygens (including phenoxy) is 2. The van der Waals surface area contributed by atoms with E-state index in [4.69, 9.17) is 15.2 Å². The van der Waals surface area contributed by atoms with Crippen LogP contribution in [0.5, 0.6) is 5.75 Å². The van der Waals surface area contributed by atoms with Crippen LogP contribution in [0.25, 0.3) is 0 Å². The van der Waals surface area contributed by atoms with Gasteiger partial charge in [0.25, 0.3) is 0 Å². The number of nitrogens with zero attached hydrogens (tertiary/aromatic N) is 1. The lowest BCUT2D eigenvalue weighted by Crippen LogP contribution is -2.46. The fourth-order valence-corrected chi connectivity index (χ4v) is 2.26. The summed E-state index contributed by atoms with van der Waals surface area (Å²) in [6.07, 6.45) is 0. The van der Waals surface area contributed by atoms with E-state index >= 15 is 0 Å². The molecule has 0 saturated carbocycles. The molecule has 1 aromatic carbocycles. The summed E-state index contributed by atoms with van der Waals surface area (Å²) < 4.78 is 10.7. The summed E-state index contributed by atoms with van der Waals surface area (Å²) in [5.74, 6) is 0.859. The van der Waals surface area contributed by atoms with Gasteiger partial charge in [-0.3, -0.25) is 4.90 Å². The lowest BCUT2D eigenvalue weighted by molar-refractivity contribution is -0.00281. The lowest BCUT2D eigenvalue weighted by Gasteiger charge is -2.35. The standard InChI is InChI=1S/C14H22N2O2/c1-11-10-18-7-6-16(11)9-14(15)12-4-3-5-13(8-12)17-2/h3-5,8,11,14H,6-7,9-10,15H2,1-2H3. The first kappa shape index (κ1) is 13.3. The second-order valence-corrected chi connectivity index (χ2v) is 4.80. The number of benzene rings is 1. The van der Waals surface area contributed by atoms with Crippen LogP contribution in [0.3, 0.4) is 0 Å². The van der Waals surface area contributed by atoms with Crippen molar-refractivity contribution in [3.8, 4) is 5.75 Å². The maximum absolute atomic E-state index is 6.27. The fourth-order valence-electron chi connectivity index (χ4n) is 2.26. The van der Waals surface area contributed by atoms with Gasteiger partial charge in [0, 0.05) is 25.2 Å². The van der Waals surface area contributed by atoms with Crippen LogP contribution < -0.4 is 10.5 Å². The minimum Gasteiger partial charge on any atom is -0.497 e. The summed E-state index contributed by atoms with van der Waals surface area (Å²) in [5.41, 5.74) is 7.39. The molecule has 0 amide bonds. The topological polar surface area (TPSA) is 47.7 Å². The maximum Gasteiger partial charge on any atom is 0.119 e. The molecule has 2 rings (SSSR count). The minimum absolute atomic E-state index is 0.0145. The molecule has 0 radical (unpaired) electrons. The van der Waals surface area contributed by atoms with Crippen LogP contribution >= 0.6 is 0 Å². The van der Waals surface area contributed by atoms with Crippen LogP contribution in [0, 0.1) is 0 Å². The first-order valence-electron chi connectivity index (χ1n) is 6.42. The third-order valence-corrected chi connectivity index (χ3v) is 3.46. The van der Waals surface area contributed by atoms with E-state index in [1.54, 1.807) is 7.11 Å². The summed E-state index contributed by atoms with van der Waals surface area (Å²) in [5, 5.41) is 0. The Hall–Kier alpha value is -1.10. The van der Waals surface area contributed by atoms with E-state index in [0.717, 1.165) is 37.6 Å². The molecule has 1 aliphatic heterocycles. The zero-order chi connectivity index (χ0) is 13.0. The predicted molar refractivity (Wildman–Crippen MR) is 71.8 cm³/mol. The molecular formula is C14H22N2O2. The van der Waals surface area contributed by atoms with Gasteiger partial charge in [0.15, 0.2) is 0 Å². The van der Waals surface area contributed by atoms with Crippen LogP contribution in [-0.2, 0) is 4.74 Å². The highest BCUT2D eigenvalue weighted by molar-refractivity contribution is 5.30. The van der Waals surface area contributed by atoms with Gasteiger partial charge in [-0.1, -0.05) is 12.1 Å². The molecule has 0 aliphatic carbocycles. The molecule has 1 saturated heterocycles. The number of nitrogens with two attached hydrogens (primary N) is 1. The van der Waals surface area contributed by atoms with E-state index in [0.29, 0.717) is 6.04 Å². The molecule has 1 fully saturated rings. The molecule has 1 aliphatic rings. The van der Waals surface area contributed by atoms with E-state index in [1.807, 2.05) is 18.2 Å². The van der Waals surface area contributed by atoms with Crippen LogP contribution in [0.4, 0.5) is 0 Å². The summed E-state index contributed by atoms with van der Waals surface area (Å²) in [6.45, 7) is 5.59. The van der Waals surface area contributed by atoms with Crippen LogP contribution in [0.1, 0.15) is 18.5 Å².